The Bertz CT molecular complexity index is 293. The molecule has 0 saturated heterocycles. The van der Waals surface area contributed by atoms with Gasteiger partial charge in [-0.25, -0.2) is 0 Å². The van der Waals surface area contributed by atoms with Crippen LogP contribution in [0.2, 0.25) is 0 Å². The monoisotopic (exact) mass is 274 g/mol. The summed E-state index contributed by atoms with van der Waals surface area (Å²) in [5.74, 6) is 0.406. The predicted octanol–water partition coefficient (Wildman–Crippen LogP) is 4.20. The first-order valence-corrected chi connectivity index (χ1v) is 6.59. The van der Waals surface area contributed by atoms with Gasteiger partial charge in [0.25, 0.3) is 0 Å². The average molecular weight is 275 g/mol. The van der Waals surface area contributed by atoms with Crippen molar-refractivity contribution in [3.8, 4) is 0 Å². The van der Waals surface area contributed by atoms with Crippen LogP contribution in [-0.2, 0) is 11.2 Å². The Kier molecular flexibility index (Phi) is 5.41. The minimum Gasteiger partial charge on any atom is -0.300 e. The number of carbonyl (C=O) groups is 1. The molecule has 0 bridgehead atoms. The van der Waals surface area contributed by atoms with E-state index in [4.69, 9.17) is 0 Å². The number of carbonyl (C=O) groups excluding carboxylic acids is 1. The fourth-order valence-electron chi connectivity index (χ4n) is 1.35. The van der Waals surface area contributed by atoms with Gasteiger partial charge >= 0.3 is 0 Å². The maximum atomic E-state index is 11.2. The molecule has 0 aromatic carbocycles. The van der Waals surface area contributed by atoms with Crippen molar-refractivity contribution in [3.05, 3.63) is 20.8 Å². The van der Waals surface area contributed by atoms with E-state index in [-0.39, 0.29) is 0 Å². The van der Waals surface area contributed by atoms with Crippen LogP contribution in [0.5, 0.6) is 0 Å². The number of ketones is 1. The summed E-state index contributed by atoms with van der Waals surface area (Å²) in [7, 11) is 0. The minimum absolute atomic E-state index is 0.406. The van der Waals surface area contributed by atoms with Crippen LogP contribution in [0, 0.1) is 0 Å². The van der Waals surface area contributed by atoms with E-state index in [1.54, 1.807) is 11.3 Å². The standard InChI is InChI=1S/C11H15BrOS/c1-2-4-9(13)5-3-6-10-7-8-11(12)14-10/h7-8H,2-6H2,1H3. The van der Waals surface area contributed by atoms with Crippen molar-refractivity contribution in [2.75, 3.05) is 0 Å². The van der Waals surface area contributed by atoms with Crippen molar-refractivity contribution in [1.29, 1.82) is 0 Å². The molecule has 3 heteroatoms. The molecule has 0 spiro atoms. The Labute approximate surface area is 97.7 Å². The van der Waals surface area contributed by atoms with Gasteiger partial charge in [0.15, 0.2) is 0 Å². The molecule has 0 atom stereocenters. The van der Waals surface area contributed by atoms with Gasteiger partial charge in [-0.05, 0) is 47.3 Å². The molecule has 0 unspecified atom stereocenters. The van der Waals surface area contributed by atoms with E-state index in [9.17, 15) is 4.79 Å². The van der Waals surface area contributed by atoms with Crippen LogP contribution >= 0.6 is 27.3 Å². The molecule has 0 amide bonds. The predicted molar refractivity (Wildman–Crippen MR) is 64.9 cm³/mol. The van der Waals surface area contributed by atoms with Crippen molar-refractivity contribution in [1.82, 2.24) is 0 Å². The second-order valence-electron chi connectivity index (χ2n) is 3.35. The molecule has 14 heavy (non-hydrogen) atoms. The summed E-state index contributed by atoms with van der Waals surface area (Å²) in [6.45, 7) is 2.05. The van der Waals surface area contributed by atoms with Crippen molar-refractivity contribution >= 4 is 33.0 Å². The molecule has 0 aliphatic rings. The van der Waals surface area contributed by atoms with Gasteiger partial charge in [-0.2, -0.15) is 0 Å². The van der Waals surface area contributed by atoms with E-state index in [1.165, 1.54) is 8.66 Å². The number of thiophene rings is 1. The summed E-state index contributed by atoms with van der Waals surface area (Å²) < 4.78 is 1.17. The lowest BCUT2D eigenvalue weighted by molar-refractivity contribution is -0.119. The Hall–Kier alpha value is -0.150. The van der Waals surface area contributed by atoms with Gasteiger partial charge in [0.1, 0.15) is 5.78 Å². The van der Waals surface area contributed by atoms with E-state index in [1.807, 2.05) is 6.92 Å². The quantitative estimate of drug-likeness (QED) is 0.760. The highest BCUT2D eigenvalue weighted by Gasteiger charge is 2.02. The number of hydrogen-bond acceptors (Lipinski definition) is 2. The van der Waals surface area contributed by atoms with Gasteiger partial charge in [0.2, 0.25) is 0 Å². The normalized spacial score (nSPS) is 10.4. The molecule has 0 aliphatic heterocycles. The lowest BCUT2D eigenvalue weighted by Crippen LogP contribution is -1.97. The van der Waals surface area contributed by atoms with Gasteiger partial charge in [-0.3, -0.25) is 4.79 Å². The zero-order valence-electron chi connectivity index (χ0n) is 8.38. The molecule has 1 heterocycles. The van der Waals surface area contributed by atoms with Crippen LogP contribution < -0.4 is 0 Å². The van der Waals surface area contributed by atoms with E-state index < -0.39 is 0 Å². The van der Waals surface area contributed by atoms with E-state index >= 15 is 0 Å². The number of halogens is 1. The van der Waals surface area contributed by atoms with Crippen molar-refractivity contribution in [2.45, 2.75) is 39.0 Å². The minimum atomic E-state index is 0.406. The Morgan fingerprint density at radius 3 is 2.79 bits per heavy atom. The van der Waals surface area contributed by atoms with E-state index in [0.29, 0.717) is 5.78 Å². The number of Topliss-reactive ketones (excluding diaryl/α,β-unsaturated/α-hetero) is 1. The van der Waals surface area contributed by atoms with E-state index in [2.05, 4.69) is 28.1 Å². The third-order valence-electron chi connectivity index (χ3n) is 2.04. The number of rotatable bonds is 6. The third kappa shape index (κ3) is 4.38. The van der Waals surface area contributed by atoms with Crippen molar-refractivity contribution in [2.24, 2.45) is 0 Å². The van der Waals surface area contributed by atoms with Gasteiger partial charge in [0, 0.05) is 17.7 Å². The fraction of sp³-hybridized carbons (Fsp3) is 0.545. The topological polar surface area (TPSA) is 17.1 Å². The summed E-state index contributed by atoms with van der Waals surface area (Å²) in [5.41, 5.74) is 0. The fourth-order valence-corrected chi connectivity index (χ4v) is 2.87. The summed E-state index contributed by atoms with van der Waals surface area (Å²) in [5, 5.41) is 0. The first kappa shape index (κ1) is 11.9. The van der Waals surface area contributed by atoms with Gasteiger partial charge in [-0.15, -0.1) is 11.3 Å². The average Bonchev–Trinajstić information content (AvgIpc) is 2.52. The summed E-state index contributed by atoms with van der Waals surface area (Å²) in [4.78, 5) is 12.6. The zero-order chi connectivity index (χ0) is 10.4. The van der Waals surface area contributed by atoms with Crippen LogP contribution in [-0.4, -0.2) is 5.78 Å². The molecular weight excluding hydrogens is 260 g/mol. The van der Waals surface area contributed by atoms with Gasteiger partial charge < -0.3 is 0 Å². The molecule has 0 N–H and O–H groups in total. The molecule has 1 aromatic heterocycles. The maximum Gasteiger partial charge on any atom is 0.132 e. The van der Waals surface area contributed by atoms with Gasteiger partial charge in [0.05, 0.1) is 3.79 Å². The third-order valence-corrected chi connectivity index (χ3v) is 3.72. The molecule has 1 aromatic rings. The summed E-state index contributed by atoms with van der Waals surface area (Å²) >= 11 is 5.19. The number of hydrogen-bond donors (Lipinski definition) is 0. The molecule has 1 rings (SSSR count). The molecule has 78 valence electrons. The lowest BCUT2D eigenvalue weighted by Gasteiger charge is -1.97. The van der Waals surface area contributed by atoms with Crippen molar-refractivity contribution < 1.29 is 4.79 Å². The first-order valence-electron chi connectivity index (χ1n) is 4.98. The van der Waals surface area contributed by atoms with E-state index in [0.717, 1.165) is 32.1 Å². The number of aryl methyl sites for hydroxylation is 1. The van der Waals surface area contributed by atoms with Gasteiger partial charge in [-0.1, -0.05) is 6.92 Å². The molecule has 0 radical (unpaired) electrons. The highest BCUT2D eigenvalue weighted by molar-refractivity contribution is 9.11. The largest absolute Gasteiger partial charge is 0.300 e. The smallest absolute Gasteiger partial charge is 0.132 e. The molecular formula is C11H15BrOS. The first-order chi connectivity index (χ1) is 6.72. The molecule has 0 fully saturated rings. The lowest BCUT2D eigenvalue weighted by atomic mass is 10.1. The van der Waals surface area contributed by atoms with Crippen molar-refractivity contribution in [3.63, 3.8) is 0 Å². The van der Waals surface area contributed by atoms with Crippen LogP contribution in [0.25, 0.3) is 0 Å². The van der Waals surface area contributed by atoms with Crippen LogP contribution in [0.4, 0.5) is 0 Å². The highest BCUT2D eigenvalue weighted by Crippen LogP contribution is 2.23. The Morgan fingerprint density at radius 2 is 2.21 bits per heavy atom. The molecule has 0 aliphatic carbocycles. The molecule has 0 saturated carbocycles. The second kappa shape index (κ2) is 6.36. The summed E-state index contributed by atoms with van der Waals surface area (Å²) in [6.07, 6.45) is 4.48. The maximum absolute atomic E-state index is 11.2. The zero-order valence-corrected chi connectivity index (χ0v) is 10.8. The molecule has 1 nitrogen and oxygen atoms in total. The highest BCUT2D eigenvalue weighted by atomic mass is 79.9. The van der Waals surface area contributed by atoms with Crippen LogP contribution in [0.3, 0.4) is 0 Å². The summed E-state index contributed by atoms with van der Waals surface area (Å²) in [6, 6.07) is 4.19. The Morgan fingerprint density at radius 1 is 1.43 bits per heavy atom. The Balaban J connectivity index is 2.18. The van der Waals surface area contributed by atoms with Crippen LogP contribution in [0.15, 0.2) is 15.9 Å². The van der Waals surface area contributed by atoms with Crippen LogP contribution in [0.1, 0.15) is 37.5 Å². The SMILES string of the molecule is CCCC(=O)CCCc1ccc(Br)s1. The second-order valence-corrected chi connectivity index (χ2v) is 5.90.